The predicted molar refractivity (Wildman–Crippen MR) is 89.3 cm³/mol. The molecule has 0 aromatic heterocycles. The molecular formula is C17H23FN2S. The van der Waals surface area contributed by atoms with Crippen molar-refractivity contribution < 1.29 is 4.39 Å². The molecule has 4 heteroatoms. The van der Waals surface area contributed by atoms with Gasteiger partial charge in [0.15, 0.2) is 0 Å². The van der Waals surface area contributed by atoms with Crippen LogP contribution in [0.3, 0.4) is 0 Å². The third-order valence-electron chi connectivity index (χ3n) is 5.31. The Morgan fingerprint density at radius 2 is 1.76 bits per heavy atom. The van der Waals surface area contributed by atoms with Gasteiger partial charge in [-0.2, -0.15) is 0 Å². The number of nitrogens with zero attached hydrogens (tertiary/aromatic N) is 1. The van der Waals surface area contributed by atoms with Crippen molar-refractivity contribution in [2.75, 3.05) is 18.0 Å². The van der Waals surface area contributed by atoms with Crippen LogP contribution in [0.2, 0.25) is 0 Å². The SMILES string of the molecule is NC(=S)c1ccc(N2CCC3(CCCCC3)CC2)c(F)c1. The average molecular weight is 306 g/mol. The fourth-order valence-corrected chi connectivity index (χ4v) is 4.07. The van der Waals surface area contributed by atoms with E-state index in [1.54, 1.807) is 0 Å². The second kappa shape index (κ2) is 5.91. The molecule has 1 saturated carbocycles. The molecule has 1 saturated heterocycles. The van der Waals surface area contributed by atoms with E-state index in [-0.39, 0.29) is 10.8 Å². The summed E-state index contributed by atoms with van der Waals surface area (Å²) in [4.78, 5) is 2.43. The van der Waals surface area contributed by atoms with Gasteiger partial charge in [0, 0.05) is 18.7 Å². The zero-order valence-electron chi connectivity index (χ0n) is 12.4. The fourth-order valence-electron chi connectivity index (χ4n) is 3.94. The van der Waals surface area contributed by atoms with E-state index in [2.05, 4.69) is 4.90 Å². The average Bonchev–Trinajstić information content (AvgIpc) is 2.49. The first-order valence-electron chi connectivity index (χ1n) is 7.94. The molecule has 114 valence electrons. The summed E-state index contributed by atoms with van der Waals surface area (Å²) in [5.41, 5.74) is 7.40. The van der Waals surface area contributed by atoms with E-state index in [1.165, 1.54) is 51.0 Å². The zero-order chi connectivity index (χ0) is 14.9. The Kier molecular flexibility index (Phi) is 4.16. The molecule has 0 radical (unpaired) electrons. The summed E-state index contributed by atoms with van der Waals surface area (Å²) < 4.78 is 14.3. The number of halogens is 1. The monoisotopic (exact) mass is 306 g/mol. The smallest absolute Gasteiger partial charge is 0.147 e. The van der Waals surface area contributed by atoms with Crippen LogP contribution in [0, 0.1) is 11.2 Å². The quantitative estimate of drug-likeness (QED) is 0.837. The molecular weight excluding hydrogens is 283 g/mol. The van der Waals surface area contributed by atoms with Gasteiger partial charge in [-0.25, -0.2) is 4.39 Å². The van der Waals surface area contributed by atoms with E-state index in [0.29, 0.717) is 16.7 Å². The molecule has 1 aromatic carbocycles. The van der Waals surface area contributed by atoms with Crippen molar-refractivity contribution in [3.63, 3.8) is 0 Å². The van der Waals surface area contributed by atoms with Crippen LogP contribution in [0.25, 0.3) is 0 Å². The summed E-state index contributed by atoms with van der Waals surface area (Å²) in [6.45, 7) is 1.92. The van der Waals surface area contributed by atoms with E-state index in [4.69, 9.17) is 18.0 Å². The van der Waals surface area contributed by atoms with Crippen molar-refractivity contribution >= 4 is 22.9 Å². The second-order valence-electron chi connectivity index (χ2n) is 6.58. The number of hydrogen-bond acceptors (Lipinski definition) is 2. The Balaban J connectivity index is 1.70. The van der Waals surface area contributed by atoms with E-state index in [9.17, 15) is 4.39 Å². The lowest BCUT2D eigenvalue weighted by molar-refractivity contribution is 0.144. The van der Waals surface area contributed by atoms with Gasteiger partial charge in [0.2, 0.25) is 0 Å². The third-order valence-corrected chi connectivity index (χ3v) is 5.55. The Bertz CT molecular complexity index is 528. The van der Waals surface area contributed by atoms with Crippen LogP contribution in [0.4, 0.5) is 10.1 Å². The van der Waals surface area contributed by atoms with Crippen LogP contribution in [0.5, 0.6) is 0 Å². The van der Waals surface area contributed by atoms with Gasteiger partial charge >= 0.3 is 0 Å². The molecule has 2 N–H and O–H groups in total. The van der Waals surface area contributed by atoms with Gasteiger partial charge in [0.25, 0.3) is 0 Å². The van der Waals surface area contributed by atoms with Crippen LogP contribution >= 0.6 is 12.2 Å². The van der Waals surface area contributed by atoms with Crippen LogP contribution in [-0.4, -0.2) is 18.1 Å². The lowest BCUT2D eigenvalue weighted by Gasteiger charge is -2.45. The summed E-state index contributed by atoms with van der Waals surface area (Å²) >= 11 is 4.90. The summed E-state index contributed by atoms with van der Waals surface area (Å²) in [7, 11) is 0. The molecule has 3 rings (SSSR count). The fraction of sp³-hybridized carbons (Fsp3) is 0.588. The first kappa shape index (κ1) is 14.8. The Morgan fingerprint density at radius 3 is 2.33 bits per heavy atom. The van der Waals surface area contributed by atoms with E-state index in [1.807, 2.05) is 12.1 Å². The number of thiocarbonyl (C=S) groups is 1. The van der Waals surface area contributed by atoms with Crippen molar-refractivity contribution in [2.24, 2.45) is 11.1 Å². The highest BCUT2D eigenvalue weighted by molar-refractivity contribution is 7.80. The molecule has 2 fully saturated rings. The van der Waals surface area contributed by atoms with Gasteiger partial charge in [0.05, 0.1) is 5.69 Å². The van der Waals surface area contributed by atoms with Crippen LogP contribution in [0.1, 0.15) is 50.5 Å². The van der Waals surface area contributed by atoms with E-state index in [0.717, 1.165) is 13.1 Å². The number of piperidine rings is 1. The Hall–Kier alpha value is -1.16. The van der Waals surface area contributed by atoms with Crippen molar-refractivity contribution in [1.82, 2.24) is 0 Å². The minimum Gasteiger partial charge on any atom is -0.389 e. The Morgan fingerprint density at radius 1 is 1.10 bits per heavy atom. The van der Waals surface area contributed by atoms with Crippen LogP contribution in [-0.2, 0) is 0 Å². The maximum Gasteiger partial charge on any atom is 0.147 e. The van der Waals surface area contributed by atoms with Crippen molar-refractivity contribution in [2.45, 2.75) is 44.9 Å². The molecule has 2 nitrogen and oxygen atoms in total. The second-order valence-corrected chi connectivity index (χ2v) is 7.02. The number of anilines is 1. The largest absolute Gasteiger partial charge is 0.389 e. The molecule has 1 aliphatic heterocycles. The van der Waals surface area contributed by atoms with Gasteiger partial charge < -0.3 is 10.6 Å². The van der Waals surface area contributed by atoms with Gasteiger partial charge in [-0.05, 0) is 49.3 Å². The predicted octanol–water partition coefficient (Wildman–Crippen LogP) is 4.01. The first-order chi connectivity index (χ1) is 10.1. The van der Waals surface area contributed by atoms with Crippen LogP contribution in [0.15, 0.2) is 18.2 Å². The first-order valence-corrected chi connectivity index (χ1v) is 8.35. The summed E-state index contributed by atoms with van der Waals surface area (Å²) in [6.07, 6.45) is 9.26. The zero-order valence-corrected chi connectivity index (χ0v) is 13.2. The summed E-state index contributed by atoms with van der Waals surface area (Å²) in [5, 5.41) is 0. The molecule has 0 amide bonds. The normalized spacial score (nSPS) is 21.5. The maximum absolute atomic E-state index is 14.3. The summed E-state index contributed by atoms with van der Waals surface area (Å²) in [6, 6.07) is 5.11. The molecule has 0 unspecified atom stereocenters. The van der Waals surface area contributed by atoms with Crippen molar-refractivity contribution in [1.29, 1.82) is 0 Å². The van der Waals surface area contributed by atoms with Gasteiger partial charge in [-0.1, -0.05) is 31.5 Å². The standard InChI is InChI=1S/C17H23FN2S/c18-14-12-13(16(19)21)4-5-15(14)20-10-8-17(9-11-20)6-2-1-3-7-17/h4-5,12H,1-3,6-11H2,(H2,19,21). The Labute approximate surface area is 131 Å². The van der Waals surface area contributed by atoms with Gasteiger partial charge in [-0.3, -0.25) is 0 Å². The molecule has 0 atom stereocenters. The number of hydrogen-bond donors (Lipinski definition) is 1. The highest BCUT2D eigenvalue weighted by Crippen LogP contribution is 2.45. The van der Waals surface area contributed by atoms with Gasteiger partial charge in [-0.15, -0.1) is 0 Å². The minimum absolute atomic E-state index is 0.208. The maximum atomic E-state index is 14.3. The lowest BCUT2D eigenvalue weighted by atomic mass is 9.68. The number of benzene rings is 1. The van der Waals surface area contributed by atoms with Crippen LogP contribution < -0.4 is 10.6 Å². The number of rotatable bonds is 2. The molecule has 1 aliphatic carbocycles. The summed E-state index contributed by atoms with van der Waals surface area (Å²) in [5.74, 6) is -0.208. The molecule has 1 heterocycles. The highest BCUT2D eigenvalue weighted by atomic mass is 32.1. The van der Waals surface area contributed by atoms with Crippen molar-refractivity contribution in [3.8, 4) is 0 Å². The molecule has 21 heavy (non-hydrogen) atoms. The molecule has 1 aromatic rings. The highest BCUT2D eigenvalue weighted by Gasteiger charge is 2.35. The third kappa shape index (κ3) is 3.05. The topological polar surface area (TPSA) is 29.3 Å². The molecule has 2 aliphatic rings. The number of nitrogens with two attached hydrogens (primary N) is 1. The van der Waals surface area contributed by atoms with Gasteiger partial charge in [0.1, 0.15) is 10.8 Å². The van der Waals surface area contributed by atoms with E-state index >= 15 is 0 Å². The minimum atomic E-state index is -0.208. The van der Waals surface area contributed by atoms with E-state index < -0.39 is 0 Å². The molecule has 0 bridgehead atoms. The molecule has 1 spiro atoms. The van der Waals surface area contributed by atoms with Crippen molar-refractivity contribution in [3.05, 3.63) is 29.6 Å². The lowest BCUT2D eigenvalue weighted by Crippen LogP contribution is -2.41.